The summed E-state index contributed by atoms with van der Waals surface area (Å²) in [5.41, 5.74) is -1.29. The van der Waals surface area contributed by atoms with Crippen molar-refractivity contribution in [3.05, 3.63) is 23.2 Å². The summed E-state index contributed by atoms with van der Waals surface area (Å²) < 4.78 is 0. The summed E-state index contributed by atoms with van der Waals surface area (Å²) in [5, 5.41) is 29.6. The van der Waals surface area contributed by atoms with Gasteiger partial charge in [-0.1, -0.05) is 19.4 Å². The summed E-state index contributed by atoms with van der Waals surface area (Å²) in [6.07, 6.45) is 5.88. The average Bonchev–Trinajstić information content (AvgIpc) is 2.96. The SMILES string of the molecule is CC(=O)[C@@]1(CCCC(=O)O)[C@@H](C)C[C@H]2[C@@H]3CCC4=CC(O)=C(O)C(=O)[C@]4(C)[C@@]3(Cl)CC[C@@]21C. The molecule has 182 valence electrons. The second-order valence-corrected chi connectivity index (χ2v) is 12.0. The summed E-state index contributed by atoms with van der Waals surface area (Å²) in [7, 11) is 0. The van der Waals surface area contributed by atoms with Gasteiger partial charge in [0.25, 0.3) is 0 Å². The number of aliphatic hydroxyl groups excluding tert-OH is 2. The van der Waals surface area contributed by atoms with Gasteiger partial charge >= 0.3 is 5.97 Å². The fourth-order valence-electron chi connectivity index (χ4n) is 8.69. The van der Waals surface area contributed by atoms with E-state index in [1.165, 1.54) is 6.08 Å². The molecule has 4 aliphatic carbocycles. The third-order valence-electron chi connectivity index (χ3n) is 10.4. The van der Waals surface area contributed by atoms with E-state index >= 15 is 0 Å². The van der Waals surface area contributed by atoms with Crippen LogP contribution in [0.15, 0.2) is 23.2 Å². The number of aliphatic carboxylic acids is 1. The lowest BCUT2D eigenvalue weighted by atomic mass is 9.44. The first kappa shape index (κ1) is 24.3. The molecule has 4 aliphatic rings. The summed E-state index contributed by atoms with van der Waals surface area (Å²) >= 11 is 7.45. The van der Waals surface area contributed by atoms with Crippen molar-refractivity contribution in [1.29, 1.82) is 0 Å². The minimum absolute atomic E-state index is 0.0276. The largest absolute Gasteiger partial charge is 0.504 e. The Bertz CT molecular complexity index is 983. The van der Waals surface area contributed by atoms with Crippen molar-refractivity contribution in [2.75, 3.05) is 0 Å². The Balaban J connectivity index is 1.76. The van der Waals surface area contributed by atoms with Gasteiger partial charge in [-0.2, -0.15) is 0 Å². The smallest absolute Gasteiger partial charge is 0.303 e. The molecule has 3 N–H and O–H groups in total. The highest BCUT2D eigenvalue weighted by molar-refractivity contribution is 6.28. The molecule has 7 heteroatoms. The molecule has 33 heavy (non-hydrogen) atoms. The lowest BCUT2D eigenvalue weighted by molar-refractivity contribution is -0.148. The number of carboxylic acids is 1. The van der Waals surface area contributed by atoms with Crippen LogP contribution in [0, 0.1) is 34.0 Å². The highest BCUT2D eigenvalue weighted by atomic mass is 35.5. The molecule has 0 aromatic heterocycles. The van der Waals surface area contributed by atoms with Crippen LogP contribution < -0.4 is 0 Å². The molecule has 0 bridgehead atoms. The molecule has 0 amide bonds. The van der Waals surface area contributed by atoms with Crippen molar-refractivity contribution in [2.45, 2.75) is 83.9 Å². The minimum atomic E-state index is -1.11. The molecule has 0 radical (unpaired) electrons. The molecule has 0 heterocycles. The van der Waals surface area contributed by atoms with E-state index in [0.29, 0.717) is 32.1 Å². The molecule has 4 rings (SSSR count). The van der Waals surface area contributed by atoms with Crippen LogP contribution in [-0.2, 0) is 14.4 Å². The van der Waals surface area contributed by atoms with Crippen LogP contribution in [0.4, 0.5) is 0 Å². The first-order valence-corrected chi connectivity index (χ1v) is 12.4. The predicted octanol–water partition coefficient (Wildman–Crippen LogP) is 5.50. The average molecular weight is 479 g/mol. The van der Waals surface area contributed by atoms with Crippen molar-refractivity contribution in [1.82, 2.24) is 0 Å². The third kappa shape index (κ3) is 2.88. The van der Waals surface area contributed by atoms with Crippen LogP contribution in [0.2, 0.25) is 0 Å². The number of hydrogen-bond donors (Lipinski definition) is 3. The van der Waals surface area contributed by atoms with E-state index in [1.54, 1.807) is 13.8 Å². The first-order valence-electron chi connectivity index (χ1n) is 12.1. The van der Waals surface area contributed by atoms with Gasteiger partial charge in [-0.25, -0.2) is 0 Å². The summed E-state index contributed by atoms with van der Waals surface area (Å²) in [6.45, 7) is 7.73. The minimum Gasteiger partial charge on any atom is -0.504 e. The number of ketones is 2. The molecule has 6 nitrogen and oxygen atoms in total. The van der Waals surface area contributed by atoms with E-state index in [-0.39, 0.29) is 35.4 Å². The van der Waals surface area contributed by atoms with Gasteiger partial charge in [0.05, 0.1) is 10.3 Å². The number of carboxylic acid groups (broad SMARTS) is 1. The van der Waals surface area contributed by atoms with Crippen LogP contribution in [0.5, 0.6) is 0 Å². The summed E-state index contributed by atoms with van der Waals surface area (Å²) in [5.74, 6) is -2.10. The molecule has 0 aromatic carbocycles. The second kappa shape index (κ2) is 7.59. The molecule has 0 spiro atoms. The van der Waals surface area contributed by atoms with Crippen molar-refractivity contribution < 1.29 is 29.7 Å². The summed E-state index contributed by atoms with van der Waals surface area (Å²) in [6, 6.07) is 0. The van der Waals surface area contributed by atoms with Gasteiger partial charge < -0.3 is 15.3 Å². The van der Waals surface area contributed by atoms with Crippen LogP contribution in [0.1, 0.15) is 79.1 Å². The van der Waals surface area contributed by atoms with Crippen molar-refractivity contribution in [3.8, 4) is 0 Å². The van der Waals surface area contributed by atoms with E-state index in [2.05, 4.69) is 13.8 Å². The number of hydrogen-bond acceptors (Lipinski definition) is 5. The zero-order valence-corrected chi connectivity index (χ0v) is 20.7. The van der Waals surface area contributed by atoms with E-state index in [0.717, 1.165) is 18.4 Å². The highest BCUT2D eigenvalue weighted by Gasteiger charge is 2.73. The number of allylic oxidation sites excluding steroid dienone is 3. The molecule has 0 unspecified atom stereocenters. The number of halogens is 1. The summed E-state index contributed by atoms with van der Waals surface area (Å²) in [4.78, 5) is 36.9. The van der Waals surface area contributed by atoms with Crippen LogP contribution in [0.3, 0.4) is 0 Å². The number of alkyl halides is 1. The van der Waals surface area contributed by atoms with Gasteiger partial charge in [-0.3, -0.25) is 14.4 Å². The Morgan fingerprint density at radius 2 is 1.85 bits per heavy atom. The zero-order chi connectivity index (χ0) is 24.6. The maximum absolute atomic E-state index is 13.3. The monoisotopic (exact) mass is 478 g/mol. The van der Waals surface area contributed by atoms with Crippen molar-refractivity contribution >= 4 is 29.1 Å². The van der Waals surface area contributed by atoms with E-state index in [1.807, 2.05) is 0 Å². The molecule has 0 aromatic rings. The number of fused-ring (bicyclic) bond motifs is 5. The van der Waals surface area contributed by atoms with Gasteiger partial charge in [-0.15, -0.1) is 11.6 Å². The standard InChI is InChI=1S/C26H35ClO6/c1-14-12-18-17-8-7-16-13-19(29)21(32)22(33)24(16,4)26(17,27)11-10-23(18,3)25(14,15(2)28)9-5-6-20(30)31/h13-14,17-18,29,32H,5-12H2,1-4H3,(H,30,31)/t14-,17-,18-,23-,24+,25+,26+/m0/s1. The van der Waals surface area contributed by atoms with Crippen molar-refractivity contribution in [3.63, 3.8) is 0 Å². The van der Waals surface area contributed by atoms with E-state index in [9.17, 15) is 29.7 Å². The Morgan fingerprint density at radius 3 is 2.45 bits per heavy atom. The number of carbonyl (C=O) groups excluding carboxylic acids is 2. The third-order valence-corrected chi connectivity index (χ3v) is 11.2. The number of rotatable bonds is 5. The number of Topliss-reactive ketones (excluding diaryl/α,β-unsaturated/α-hetero) is 2. The maximum Gasteiger partial charge on any atom is 0.303 e. The predicted molar refractivity (Wildman–Crippen MR) is 124 cm³/mol. The highest BCUT2D eigenvalue weighted by Crippen LogP contribution is 2.74. The van der Waals surface area contributed by atoms with Gasteiger partial charge in [0, 0.05) is 11.8 Å². The van der Waals surface area contributed by atoms with Gasteiger partial charge in [0.15, 0.2) is 5.76 Å². The van der Waals surface area contributed by atoms with Gasteiger partial charge in [0.2, 0.25) is 11.5 Å². The Morgan fingerprint density at radius 1 is 1.18 bits per heavy atom. The Hall–Kier alpha value is -1.82. The van der Waals surface area contributed by atoms with Crippen LogP contribution in [0.25, 0.3) is 0 Å². The molecular formula is C26H35ClO6. The van der Waals surface area contributed by atoms with Gasteiger partial charge in [-0.05, 0) is 88.0 Å². The lowest BCUT2D eigenvalue weighted by Gasteiger charge is -2.62. The topological polar surface area (TPSA) is 112 Å². The molecule has 3 fully saturated rings. The molecule has 0 aliphatic heterocycles. The second-order valence-electron chi connectivity index (χ2n) is 11.3. The van der Waals surface area contributed by atoms with Crippen LogP contribution >= 0.6 is 11.6 Å². The van der Waals surface area contributed by atoms with E-state index < -0.39 is 39.0 Å². The van der Waals surface area contributed by atoms with E-state index in [4.69, 9.17) is 11.6 Å². The Kier molecular flexibility index (Phi) is 5.59. The number of carbonyl (C=O) groups is 3. The quantitative estimate of drug-likeness (QED) is 0.449. The fraction of sp³-hybridized carbons (Fsp3) is 0.731. The Labute approximate surface area is 200 Å². The maximum atomic E-state index is 13.3. The zero-order valence-electron chi connectivity index (χ0n) is 19.9. The molecular weight excluding hydrogens is 444 g/mol. The lowest BCUT2D eigenvalue weighted by Crippen LogP contribution is -2.64. The number of aliphatic hydroxyl groups is 2. The first-order chi connectivity index (χ1) is 15.3. The molecule has 0 saturated heterocycles. The normalized spacial score (nSPS) is 44.6. The fourth-order valence-corrected chi connectivity index (χ4v) is 9.25. The molecule has 3 saturated carbocycles. The van der Waals surface area contributed by atoms with Crippen molar-refractivity contribution in [2.24, 2.45) is 34.0 Å². The van der Waals surface area contributed by atoms with Crippen LogP contribution in [-0.4, -0.2) is 37.7 Å². The van der Waals surface area contributed by atoms with Gasteiger partial charge in [0.1, 0.15) is 5.78 Å². The molecule has 7 atom stereocenters.